The van der Waals surface area contributed by atoms with Crippen molar-refractivity contribution in [1.29, 1.82) is 0 Å². The number of amides is 2. The van der Waals surface area contributed by atoms with Crippen LogP contribution in [0, 0.1) is 6.92 Å². The highest BCUT2D eigenvalue weighted by Crippen LogP contribution is 2.16. The van der Waals surface area contributed by atoms with Crippen LogP contribution in [-0.2, 0) is 0 Å². The van der Waals surface area contributed by atoms with Crippen LogP contribution in [-0.4, -0.2) is 25.8 Å². The molecular formula is C18H22N2O3. The number of carbonyl (C=O) groups is 1. The van der Waals surface area contributed by atoms with Crippen molar-refractivity contribution < 1.29 is 14.3 Å². The lowest BCUT2D eigenvalue weighted by atomic mass is 10.2. The quantitative estimate of drug-likeness (QED) is 0.856. The minimum absolute atomic E-state index is 0.123. The number of hydrogen-bond donors (Lipinski definition) is 2. The Balaban J connectivity index is 1.78. The molecule has 0 radical (unpaired) electrons. The standard InChI is InChI=1S/C18H22N2O3/c1-13-7-9-16(10-8-13)23-12-14(2)19-18(21)20-15-5-4-6-17(11-15)22-3/h4-11,14H,12H2,1-3H3,(H2,19,20,21). The largest absolute Gasteiger partial charge is 0.497 e. The molecule has 1 atom stereocenters. The number of benzene rings is 2. The Morgan fingerprint density at radius 2 is 1.87 bits per heavy atom. The molecule has 0 saturated carbocycles. The minimum atomic E-state index is -0.279. The van der Waals surface area contributed by atoms with Gasteiger partial charge in [0, 0.05) is 11.8 Å². The second kappa shape index (κ2) is 8.08. The average molecular weight is 314 g/mol. The van der Waals surface area contributed by atoms with Gasteiger partial charge in [-0.3, -0.25) is 0 Å². The molecule has 2 aromatic carbocycles. The summed E-state index contributed by atoms with van der Waals surface area (Å²) in [5.41, 5.74) is 1.86. The van der Waals surface area contributed by atoms with Crippen molar-refractivity contribution >= 4 is 11.7 Å². The molecule has 2 aromatic rings. The minimum Gasteiger partial charge on any atom is -0.497 e. The first-order valence-corrected chi connectivity index (χ1v) is 7.48. The maximum atomic E-state index is 12.0. The van der Waals surface area contributed by atoms with Crippen LogP contribution in [0.1, 0.15) is 12.5 Å². The Morgan fingerprint density at radius 1 is 1.13 bits per heavy atom. The molecule has 122 valence electrons. The van der Waals surface area contributed by atoms with Crippen LogP contribution in [0.3, 0.4) is 0 Å². The van der Waals surface area contributed by atoms with E-state index in [4.69, 9.17) is 9.47 Å². The van der Waals surface area contributed by atoms with Crippen LogP contribution in [0.5, 0.6) is 11.5 Å². The van der Waals surface area contributed by atoms with Crippen LogP contribution in [0.25, 0.3) is 0 Å². The normalized spacial score (nSPS) is 11.4. The summed E-state index contributed by atoms with van der Waals surface area (Å²) in [4.78, 5) is 12.0. The zero-order chi connectivity index (χ0) is 16.7. The van der Waals surface area contributed by atoms with Crippen LogP contribution in [0.15, 0.2) is 48.5 Å². The molecular weight excluding hydrogens is 292 g/mol. The van der Waals surface area contributed by atoms with Crippen molar-refractivity contribution in [1.82, 2.24) is 5.32 Å². The van der Waals surface area contributed by atoms with Gasteiger partial charge in [-0.2, -0.15) is 0 Å². The fourth-order valence-electron chi connectivity index (χ4n) is 1.99. The van der Waals surface area contributed by atoms with E-state index in [0.29, 0.717) is 18.0 Å². The van der Waals surface area contributed by atoms with Gasteiger partial charge in [0.1, 0.15) is 18.1 Å². The first-order chi connectivity index (χ1) is 11.1. The van der Waals surface area contributed by atoms with Crippen LogP contribution in [0.4, 0.5) is 10.5 Å². The van der Waals surface area contributed by atoms with E-state index in [9.17, 15) is 4.79 Å². The number of anilines is 1. The van der Waals surface area contributed by atoms with Gasteiger partial charge in [-0.05, 0) is 38.1 Å². The summed E-state index contributed by atoms with van der Waals surface area (Å²) in [7, 11) is 1.59. The van der Waals surface area contributed by atoms with E-state index in [1.54, 1.807) is 19.2 Å². The number of hydrogen-bond acceptors (Lipinski definition) is 3. The molecule has 0 aliphatic heterocycles. The Labute approximate surface area is 136 Å². The van der Waals surface area contributed by atoms with E-state index < -0.39 is 0 Å². The molecule has 0 fully saturated rings. The van der Waals surface area contributed by atoms with Crippen molar-refractivity contribution in [2.45, 2.75) is 19.9 Å². The monoisotopic (exact) mass is 314 g/mol. The van der Waals surface area contributed by atoms with Gasteiger partial charge in [0.05, 0.1) is 13.2 Å². The van der Waals surface area contributed by atoms with Crippen molar-refractivity contribution in [3.8, 4) is 11.5 Å². The topological polar surface area (TPSA) is 59.6 Å². The zero-order valence-electron chi connectivity index (χ0n) is 13.6. The predicted molar refractivity (Wildman–Crippen MR) is 91.3 cm³/mol. The molecule has 1 unspecified atom stereocenters. The van der Waals surface area contributed by atoms with E-state index in [2.05, 4.69) is 10.6 Å². The number of ether oxygens (including phenoxy) is 2. The summed E-state index contributed by atoms with van der Waals surface area (Å²) in [6.45, 7) is 4.31. The molecule has 5 nitrogen and oxygen atoms in total. The van der Waals surface area contributed by atoms with E-state index in [1.165, 1.54) is 5.56 Å². The summed E-state index contributed by atoms with van der Waals surface area (Å²) in [5, 5.41) is 5.60. The third-order valence-corrected chi connectivity index (χ3v) is 3.23. The Hall–Kier alpha value is -2.69. The first kappa shape index (κ1) is 16.7. The Kier molecular flexibility index (Phi) is 5.86. The highest BCUT2D eigenvalue weighted by Gasteiger charge is 2.08. The second-order valence-corrected chi connectivity index (χ2v) is 5.36. The number of aryl methyl sites for hydroxylation is 1. The fourth-order valence-corrected chi connectivity index (χ4v) is 1.99. The zero-order valence-corrected chi connectivity index (χ0v) is 13.6. The molecule has 0 aromatic heterocycles. The lowest BCUT2D eigenvalue weighted by Crippen LogP contribution is -2.39. The number of nitrogens with one attached hydrogen (secondary N) is 2. The summed E-state index contributed by atoms with van der Waals surface area (Å²) in [6, 6.07) is 14.6. The maximum Gasteiger partial charge on any atom is 0.319 e. The predicted octanol–water partition coefficient (Wildman–Crippen LogP) is 3.59. The molecule has 5 heteroatoms. The van der Waals surface area contributed by atoms with Crippen molar-refractivity contribution in [2.24, 2.45) is 0 Å². The van der Waals surface area contributed by atoms with Gasteiger partial charge in [0.15, 0.2) is 0 Å². The lowest BCUT2D eigenvalue weighted by Gasteiger charge is -2.16. The number of urea groups is 1. The van der Waals surface area contributed by atoms with Crippen molar-refractivity contribution in [2.75, 3.05) is 19.0 Å². The van der Waals surface area contributed by atoms with Gasteiger partial charge in [-0.1, -0.05) is 23.8 Å². The maximum absolute atomic E-state index is 12.0. The summed E-state index contributed by atoms with van der Waals surface area (Å²) in [6.07, 6.45) is 0. The van der Waals surface area contributed by atoms with E-state index in [0.717, 1.165) is 5.75 Å². The molecule has 23 heavy (non-hydrogen) atoms. The molecule has 2 N–H and O–H groups in total. The highest BCUT2D eigenvalue weighted by molar-refractivity contribution is 5.89. The molecule has 0 bridgehead atoms. The van der Waals surface area contributed by atoms with Gasteiger partial charge >= 0.3 is 6.03 Å². The SMILES string of the molecule is COc1cccc(NC(=O)NC(C)COc2ccc(C)cc2)c1. The van der Waals surface area contributed by atoms with Gasteiger partial charge in [0.2, 0.25) is 0 Å². The van der Waals surface area contributed by atoms with Crippen LogP contribution < -0.4 is 20.1 Å². The molecule has 2 amide bonds. The van der Waals surface area contributed by atoms with Gasteiger partial charge in [-0.25, -0.2) is 4.79 Å². The molecule has 0 heterocycles. The average Bonchev–Trinajstić information content (AvgIpc) is 2.54. The first-order valence-electron chi connectivity index (χ1n) is 7.48. The van der Waals surface area contributed by atoms with Crippen molar-refractivity contribution in [3.05, 3.63) is 54.1 Å². The molecule has 0 aliphatic rings. The van der Waals surface area contributed by atoms with Crippen LogP contribution >= 0.6 is 0 Å². The third-order valence-electron chi connectivity index (χ3n) is 3.23. The van der Waals surface area contributed by atoms with Crippen molar-refractivity contribution in [3.63, 3.8) is 0 Å². The molecule has 0 aliphatic carbocycles. The summed E-state index contributed by atoms with van der Waals surface area (Å²) >= 11 is 0. The summed E-state index contributed by atoms with van der Waals surface area (Å²) in [5.74, 6) is 1.48. The van der Waals surface area contributed by atoms with E-state index in [1.807, 2.05) is 50.2 Å². The Bertz CT molecular complexity index is 641. The van der Waals surface area contributed by atoms with Gasteiger partial charge in [0.25, 0.3) is 0 Å². The van der Waals surface area contributed by atoms with Gasteiger partial charge in [-0.15, -0.1) is 0 Å². The van der Waals surface area contributed by atoms with E-state index >= 15 is 0 Å². The van der Waals surface area contributed by atoms with Crippen LogP contribution in [0.2, 0.25) is 0 Å². The molecule has 0 saturated heterocycles. The number of rotatable bonds is 6. The summed E-state index contributed by atoms with van der Waals surface area (Å²) < 4.78 is 10.8. The highest BCUT2D eigenvalue weighted by atomic mass is 16.5. The Morgan fingerprint density at radius 3 is 2.57 bits per heavy atom. The number of carbonyl (C=O) groups excluding carboxylic acids is 1. The van der Waals surface area contributed by atoms with E-state index in [-0.39, 0.29) is 12.1 Å². The fraction of sp³-hybridized carbons (Fsp3) is 0.278. The molecule has 2 rings (SSSR count). The lowest BCUT2D eigenvalue weighted by molar-refractivity contribution is 0.236. The molecule has 0 spiro atoms. The second-order valence-electron chi connectivity index (χ2n) is 5.36. The third kappa shape index (κ3) is 5.54. The van der Waals surface area contributed by atoms with Gasteiger partial charge < -0.3 is 20.1 Å². The number of methoxy groups -OCH3 is 1. The smallest absolute Gasteiger partial charge is 0.319 e.